The van der Waals surface area contributed by atoms with Crippen LogP contribution in [0.15, 0.2) is 29.2 Å². The van der Waals surface area contributed by atoms with E-state index < -0.39 is 22.8 Å². The Balaban J connectivity index is 2.32. The molecule has 0 aliphatic carbocycles. The molecule has 0 spiro atoms. The van der Waals surface area contributed by atoms with Crippen LogP contribution in [0.2, 0.25) is 0 Å². The lowest BCUT2D eigenvalue weighted by molar-refractivity contribution is -0.384. The van der Waals surface area contributed by atoms with Crippen LogP contribution in [-0.4, -0.2) is 37.2 Å². The third-order valence-electron chi connectivity index (χ3n) is 2.95. The summed E-state index contributed by atoms with van der Waals surface area (Å²) in [6.07, 6.45) is 1.46. The van der Waals surface area contributed by atoms with Gasteiger partial charge in [-0.05, 0) is 18.6 Å². The lowest BCUT2D eigenvalue weighted by Gasteiger charge is -2.18. The summed E-state index contributed by atoms with van der Waals surface area (Å²) in [5.41, 5.74) is 0.376. The van der Waals surface area contributed by atoms with Gasteiger partial charge in [-0.2, -0.15) is 0 Å². The average Bonchev–Trinajstić information content (AvgIpc) is 2.73. The molecule has 1 N–H and O–H groups in total. The number of hydrogen-bond acceptors (Lipinski definition) is 6. The number of nitro benzene ring substituents is 1. The minimum Gasteiger partial charge on any atom is -0.480 e. The maximum atomic E-state index is 12.2. The summed E-state index contributed by atoms with van der Waals surface area (Å²) < 4.78 is 0.150. The summed E-state index contributed by atoms with van der Waals surface area (Å²) in [7, 11) is 0. The summed E-state index contributed by atoms with van der Waals surface area (Å²) in [4.78, 5) is 34.7. The van der Waals surface area contributed by atoms with Gasteiger partial charge in [-0.15, -0.1) is 0 Å². The summed E-state index contributed by atoms with van der Waals surface area (Å²) in [5.74, 6) is -1.68. The van der Waals surface area contributed by atoms with Crippen LogP contribution in [0.25, 0.3) is 6.08 Å². The van der Waals surface area contributed by atoms with Crippen LogP contribution < -0.4 is 0 Å². The zero-order chi connectivity index (χ0) is 16.4. The molecule has 0 radical (unpaired) electrons. The Morgan fingerprint density at radius 1 is 1.55 bits per heavy atom. The molecule has 1 atom stereocenters. The number of thioether (sulfide) groups is 1. The highest BCUT2D eigenvalue weighted by molar-refractivity contribution is 8.26. The molecule has 0 bridgehead atoms. The Hall–Kier alpha value is -2.26. The number of carbonyl (C=O) groups excluding carboxylic acids is 1. The molecular formula is C13H10N2O5S2. The molecule has 1 aliphatic rings. The van der Waals surface area contributed by atoms with Gasteiger partial charge in [0.15, 0.2) is 0 Å². The molecule has 1 heterocycles. The number of aliphatic carboxylic acids is 1. The van der Waals surface area contributed by atoms with Crippen molar-refractivity contribution >= 4 is 51.9 Å². The first-order valence-electron chi connectivity index (χ1n) is 6.05. The molecule has 1 saturated heterocycles. The van der Waals surface area contributed by atoms with E-state index in [1.54, 1.807) is 6.07 Å². The summed E-state index contributed by atoms with van der Waals surface area (Å²) in [6.45, 7) is 1.36. The van der Waals surface area contributed by atoms with Crippen LogP contribution in [0.4, 0.5) is 5.69 Å². The SMILES string of the molecule is C[C@H](C(=O)O)N1C(=O)/C(=C/c2cccc([N+](=O)[O-])c2)SC1=S. The van der Waals surface area contributed by atoms with Crippen LogP contribution >= 0.6 is 24.0 Å². The van der Waals surface area contributed by atoms with Crippen LogP contribution in [0.3, 0.4) is 0 Å². The average molecular weight is 338 g/mol. The maximum absolute atomic E-state index is 12.2. The number of carboxylic acids is 1. The number of nitro groups is 1. The van der Waals surface area contributed by atoms with Crippen LogP contribution in [0.1, 0.15) is 12.5 Å². The number of non-ortho nitro benzene ring substituents is 1. The molecule has 0 unspecified atom stereocenters. The third-order valence-corrected chi connectivity index (χ3v) is 4.28. The van der Waals surface area contributed by atoms with Gasteiger partial charge in [-0.3, -0.25) is 19.8 Å². The first kappa shape index (κ1) is 16.1. The van der Waals surface area contributed by atoms with Gasteiger partial charge in [0.05, 0.1) is 9.83 Å². The van der Waals surface area contributed by atoms with E-state index in [1.807, 2.05) is 0 Å². The van der Waals surface area contributed by atoms with Gasteiger partial charge in [-0.25, -0.2) is 4.79 Å². The lowest BCUT2D eigenvalue weighted by atomic mass is 10.2. The van der Waals surface area contributed by atoms with Crippen molar-refractivity contribution in [3.05, 3.63) is 44.8 Å². The second-order valence-corrected chi connectivity index (χ2v) is 6.09. The van der Waals surface area contributed by atoms with Crippen molar-refractivity contribution < 1.29 is 19.6 Å². The van der Waals surface area contributed by atoms with Crippen molar-refractivity contribution in [2.75, 3.05) is 0 Å². The van der Waals surface area contributed by atoms with Crippen molar-refractivity contribution in [2.24, 2.45) is 0 Å². The maximum Gasteiger partial charge on any atom is 0.326 e. The highest BCUT2D eigenvalue weighted by Crippen LogP contribution is 2.34. The van der Waals surface area contributed by atoms with Crippen LogP contribution in [-0.2, 0) is 9.59 Å². The van der Waals surface area contributed by atoms with E-state index in [2.05, 4.69) is 0 Å². The first-order valence-corrected chi connectivity index (χ1v) is 7.28. The number of carboxylic acid groups (broad SMARTS) is 1. The largest absolute Gasteiger partial charge is 0.480 e. The summed E-state index contributed by atoms with van der Waals surface area (Å²) in [5, 5.41) is 19.7. The van der Waals surface area contributed by atoms with E-state index in [0.717, 1.165) is 16.7 Å². The second-order valence-electron chi connectivity index (χ2n) is 4.42. The number of carbonyl (C=O) groups is 2. The van der Waals surface area contributed by atoms with Crippen molar-refractivity contribution in [3.8, 4) is 0 Å². The van der Waals surface area contributed by atoms with E-state index >= 15 is 0 Å². The van der Waals surface area contributed by atoms with Gasteiger partial charge in [0, 0.05) is 12.1 Å². The van der Waals surface area contributed by atoms with Crippen molar-refractivity contribution in [2.45, 2.75) is 13.0 Å². The van der Waals surface area contributed by atoms with Gasteiger partial charge < -0.3 is 5.11 Å². The molecule has 1 aromatic rings. The number of nitrogens with zero attached hydrogens (tertiary/aromatic N) is 2. The fourth-order valence-electron chi connectivity index (χ4n) is 1.80. The quantitative estimate of drug-likeness (QED) is 0.389. The monoisotopic (exact) mass is 338 g/mol. The van der Waals surface area contributed by atoms with E-state index in [4.69, 9.17) is 17.3 Å². The fraction of sp³-hybridized carbons (Fsp3) is 0.154. The number of amides is 1. The number of thiocarbonyl (C=S) groups is 1. The minimum absolute atomic E-state index is 0.0943. The molecule has 2 rings (SSSR count). The summed E-state index contributed by atoms with van der Waals surface area (Å²) in [6, 6.07) is 4.72. The fourth-order valence-corrected chi connectivity index (χ4v) is 3.22. The first-order chi connectivity index (χ1) is 10.3. The van der Waals surface area contributed by atoms with E-state index in [9.17, 15) is 19.7 Å². The molecule has 22 heavy (non-hydrogen) atoms. The molecule has 1 aliphatic heterocycles. The topological polar surface area (TPSA) is 101 Å². The molecule has 0 aromatic heterocycles. The van der Waals surface area contributed by atoms with E-state index in [0.29, 0.717) is 5.56 Å². The van der Waals surface area contributed by atoms with Gasteiger partial charge in [0.2, 0.25) is 0 Å². The van der Waals surface area contributed by atoms with E-state index in [-0.39, 0.29) is 14.9 Å². The normalized spacial score (nSPS) is 17.9. The minimum atomic E-state index is -1.16. The zero-order valence-corrected chi connectivity index (χ0v) is 12.9. The smallest absolute Gasteiger partial charge is 0.326 e. The Bertz CT molecular complexity index is 716. The number of rotatable bonds is 4. The number of benzene rings is 1. The van der Waals surface area contributed by atoms with Crippen LogP contribution in [0.5, 0.6) is 0 Å². The highest BCUT2D eigenvalue weighted by Gasteiger charge is 2.38. The molecule has 0 saturated carbocycles. The molecule has 7 nitrogen and oxygen atoms in total. The molecule has 1 aromatic carbocycles. The van der Waals surface area contributed by atoms with Crippen molar-refractivity contribution in [1.29, 1.82) is 0 Å². The Kier molecular flexibility index (Phi) is 4.57. The Labute approximate surface area is 134 Å². The lowest BCUT2D eigenvalue weighted by Crippen LogP contribution is -2.41. The predicted octanol–water partition coefficient (Wildman–Crippen LogP) is 2.27. The zero-order valence-electron chi connectivity index (χ0n) is 11.3. The van der Waals surface area contributed by atoms with E-state index in [1.165, 1.54) is 31.2 Å². The molecule has 1 amide bonds. The molecule has 1 fully saturated rings. The highest BCUT2D eigenvalue weighted by atomic mass is 32.2. The van der Waals surface area contributed by atoms with Crippen LogP contribution in [0, 0.1) is 10.1 Å². The van der Waals surface area contributed by atoms with Gasteiger partial charge >= 0.3 is 5.97 Å². The standard InChI is InChI=1S/C13H10N2O5S2/c1-7(12(17)18)14-11(16)10(22-13(14)21)6-8-3-2-4-9(5-8)15(19)20/h2-7H,1H3,(H,17,18)/b10-6-/t7-/m1/s1. The number of hydrogen-bond donors (Lipinski definition) is 1. The molecular weight excluding hydrogens is 328 g/mol. The Morgan fingerprint density at radius 3 is 2.82 bits per heavy atom. The van der Waals surface area contributed by atoms with Crippen molar-refractivity contribution in [1.82, 2.24) is 4.90 Å². The predicted molar refractivity (Wildman–Crippen MR) is 85.2 cm³/mol. The second kappa shape index (κ2) is 6.24. The van der Waals surface area contributed by atoms with Crippen molar-refractivity contribution in [3.63, 3.8) is 0 Å². The van der Waals surface area contributed by atoms with Gasteiger partial charge in [-0.1, -0.05) is 36.1 Å². The Morgan fingerprint density at radius 2 is 2.23 bits per heavy atom. The summed E-state index contributed by atoms with van der Waals surface area (Å²) >= 11 is 6.00. The molecule has 114 valence electrons. The third kappa shape index (κ3) is 3.15. The molecule has 9 heteroatoms. The van der Waals surface area contributed by atoms with Gasteiger partial charge in [0.25, 0.3) is 11.6 Å². The van der Waals surface area contributed by atoms with Gasteiger partial charge in [0.1, 0.15) is 10.4 Å².